The lowest BCUT2D eigenvalue weighted by Gasteiger charge is -2.22. The number of carbonyl (C=O) groups is 2. The number of hydrogen-bond acceptors (Lipinski definition) is 3. The zero-order valence-corrected chi connectivity index (χ0v) is 14.5. The van der Waals surface area contributed by atoms with E-state index in [1.165, 1.54) is 37.1 Å². The second-order valence-corrected chi connectivity index (χ2v) is 5.80. The van der Waals surface area contributed by atoms with Gasteiger partial charge >= 0.3 is 0 Å². The van der Waals surface area contributed by atoms with Crippen molar-refractivity contribution in [3.8, 4) is 5.75 Å². The number of aryl methyl sites for hydroxylation is 1. The third-order valence-electron chi connectivity index (χ3n) is 3.58. The fourth-order valence-corrected chi connectivity index (χ4v) is 2.22. The first-order valence-electron chi connectivity index (χ1n) is 7.89. The van der Waals surface area contributed by atoms with Crippen LogP contribution in [-0.4, -0.2) is 36.4 Å². The summed E-state index contributed by atoms with van der Waals surface area (Å²) < 4.78 is 18.9. The number of rotatable bonds is 6. The average Bonchev–Trinajstić information content (AvgIpc) is 2.58. The molecule has 2 aromatic carbocycles. The summed E-state index contributed by atoms with van der Waals surface area (Å²) in [5.74, 6) is -1.28. The van der Waals surface area contributed by atoms with Crippen molar-refractivity contribution in [2.75, 3.05) is 18.9 Å². The van der Waals surface area contributed by atoms with E-state index in [0.29, 0.717) is 5.69 Å². The highest BCUT2D eigenvalue weighted by atomic mass is 19.1. The normalized spacial score (nSPS) is 11.5. The number of amides is 2. The topological polar surface area (TPSA) is 58.6 Å². The number of anilines is 1. The van der Waals surface area contributed by atoms with E-state index >= 15 is 0 Å². The Morgan fingerprint density at radius 1 is 1.16 bits per heavy atom. The van der Waals surface area contributed by atoms with Gasteiger partial charge in [-0.15, -0.1) is 0 Å². The Labute approximate surface area is 146 Å². The monoisotopic (exact) mass is 344 g/mol. The largest absolute Gasteiger partial charge is 0.478 e. The number of likely N-dealkylation sites (N-methyl/N-ethyl adjacent to an activating group) is 1. The first-order valence-corrected chi connectivity index (χ1v) is 7.89. The number of nitrogens with one attached hydrogen (secondary N) is 1. The van der Waals surface area contributed by atoms with Crippen LogP contribution in [0.1, 0.15) is 12.5 Å². The number of hydrogen-bond donors (Lipinski definition) is 1. The van der Waals surface area contributed by atoms with Crippen molar-refractivity contribution in [2.45, 2.75) is 20.0 Å². The van der Waals surface area contributed by atoms with E-state index in [1.54, 1.807) is 18.2 Å². The van der Waals surface area contributed by atoms with E-state index in [4.69, 9.17) is 4.74 Å². The summed E-state index contributed by atoms with van der Waals surface area (Å²) in [6.07, 6.45) is -0.908. The van der Waals surface area contributed by atoms with Gasteiger partial charge in [-0.05, 0) is 38.1 Å². The molecule has 0 aliphatic heterocycles. The average molecular weight is 344 g/mol. The second-order valence-electron chi connectivity index (χ2n) is 5.80. The van der Waals surface area contributed by atoms with Crippen LogP contribution < -0.4 is 10.1 Å². The van der Waals surface area contributed by atoms with Gasteiger partial charge in [0.15, 0.2) is 17.7 Å². The molecule has 0 fully saturated rings. The van der Waals surface area contributed by atoms with Gasteiger partial charge in [0.2, 0.25) is 5.91 Å². The number of benzene rings is 2. The van der Waals surface area contributed by atoms with E-state index in [2.05, 4.69) is 5.32 Å². The summed E-state index contributed by atoms with van der Waals surface area (Å²) in [7, 11) is 1.50. The molecule has 0 aromatic heterocycles. The van der Waals surface area contributed by atoms with E-state index in [9.17, 15) is 14.0 Å². The lowest BCUT2D eigenvalue weighted by molar-refractivity contribution is -0.139. The standard InChI is InChI=1S/C19H21FN2O3/c1-13-8-10-15(11-9-13)21-18(23)12-22(3)19(24)14(2)25-17-7-5-4-6-16(17)20/h4-11,14H,12H2,1-3H3,(H,21,23)/t14-/m1/s1. The minimum Gasteiger partial charge on any atom is -0.478 e. The molecule has 0 aliphatic carbocycles. The van der Waals surface area contributed by atoms with Gasteiger partial charge in [0, 0.05) is 12.7 Å². The van der Waals surface area contributed by atoms with Gasteiger partial charge in [-0.2, -0.15) is 0 Å². The van der Waals surface area contributed by atoms with Crippen molar-refractivity contribution in [1.82, 2.24) is 4.90 Å². The number of carbonyl (C=O) groups excluding carboxylic acids is 2. The van der Waals surface area contributed by atoms with Crippen molar-refractivity contribution in [3.05, 3.63) is 59.9 Å². The van der Waals surface area contributed by atoms with Gasteiger partial charge in [0.25, 0.3) is 5.91 Å². The molecule has 0 saturated heterocycles. The summed E-state index contributed by atoms with van der Waals surface area (Å²) in [5, 5.41) is 2.72. The third-order valence-corrected chi connectivity index (χ3v) is 3.58. The molecule has 1 N–H and O–H groups in total. The molecule has 5 nitrogen and oxygen atoms in total. The Morgan fingerprint density at radius 3 is 2.44 bits per heavy atom. The molecule has 1 atom stereocenters. The number of nitrogens with zero attached hydrogens (tertiary/aromatic N) is 1. The third kappa shape index (κ3) is 5.31. The molecule has 0 heterocycles. The van der Waals surface area contributed by atoms with Gasteiger partial charge in [0.05, 0.1) is 6.54 Å². The summed E-state index contributed by atoms with van der Waals surface area (Å²) in [6, 6.07) is 13.2. The zero-order valence-electron chi connectivity index (χ0n) is 14.5. The minimum absolute atomic E-state index is 0.000793. The van der Waals surface area contributed by atoms with Crippen molar-refractivity contribution in [1.29, 1.82) is 0 Å². The van der Waals surface area contributed by atoms with E-state index in [0.717, 1.165) is 5.56 Å². The number of halogens is 1. The maximum absolute atomic E-state index is 13.6. The quantitative estimate of drug-likeness (QED) is 0.876. The Bertz CT molecular complexity index is 747. The maximum atomic E-state index is 13.6. The van der Waals surface area contributed by atoms with Crippen molar-refractivity contribution >= 4 is 17.5 Å². The van der Waals surface area contributed by atoms with Crippen LogP contribution in [0.3, 0.4) is 0 Å². The summed E-state index contributed by atoms with van der Waals surface area (Å²) in [5.41, 5.74) is 1.75. The Kier molecular flexibility index (Phi) is 6.11. The second kappa shape index (κ2) is 8.28. The van der Waals surface area contributed by atoms with Crippen molar-refractivity contribution in [3.63, 3.8) is 0 Å². The fraction of sp³-hybridized carbons (Fsp3) is 0.263. The van der Waals surface area contributed by atoms with E-state index in [-0.39, 0.29) is 18.2 Å². The van der Waals surface area contributed by atoms with Gasteiger partial charge in [-0.3, -0.25) is 9.59 Å². The Hall–Kier alpha value is -2.89. The maximum Gasteiger partial charge on any atom is 0.263 e. The summed E-state index contributed by atoms with van der Waals surface area (Å²) in [4.78, 5) is 25.6. The van der Waals surface area contributed by atoms with Crippen LogP contribution in [0.4, 0.5) is 10.1 Å². The predicted octanol–water partition coefficient (Wildman–Crippen LogP) is 3.00. The van der Waals surface area contributed by atoms with Crippen molar-refractivity contribution in [2.24, 2.45) is 0 Å². The van der Waals surface area contributed by atoms with Crippen LogP contribution in [0.15, 0.2) is 48.5 Å². The zero-order chi connectivity index (χ0) is 18.4. The first kappa shape index (κ1) is 18.4. The summed E-state index contributed by atoms with van der Waals surface area (Å²) >= 11 is 0. The SMILES string of the molecule is Cc1ccc(NC(=O)CN(C)C(=O)[C@@H](C)Oc2ccccc2F)cc1. The smallest absolute Gasteiger partial charge is 0.263 e. The lowest BCUT2D eigenvalue weighted by Crippen LogP contribution is -2.42. The van der Waals surface area contributed by atoms with Crippen LogP contribution in [0.25, 0.3) is 0 Å². The molecule has 0 unspecified atom stereocenters. The van der Waals surface area contributed by atoms with Gasteiger partial charge in [-0.1, -0.05) is 29.8 Å². The fourth-order valence-electron chi connectivity index (χ4n) is 2.22. The van der Waals surface area contributed by atoms with Crippen LogP contribution in [0.2, 0.25) is 0 Å². The molecule has 2 rings (SSSR count). The van der Waals surface area contributed by atoms with Gasteiger partial charge in [0.1, 0.15) is 0 Å². The van der Waals surface area contributed by atoms with Gasteiger partial charge in [-0.25, -0.2) is 4.39 Å². The van der Waals surface area contributed by atoms with Crippen LogP contribution >= 0.6 is 0 Å². The lowest BCUT2D eigenvalue weighted by atomic mass is 10.2. The number of ether oxygens (including phenoxy) is 1. The number of para-hydroxylation sites is 1. The molecule has 25 heavy (non-hydrogen) atoms. The predicted molar refractivity (Wildman–Crippen MR) is 93.9 cm³/mol. The highest BCUT2D eigenvalue weighted by Crippen LogP contribution is 2.17. The summed E-state index contributed by atoms with van der Waals surface area (Å²) in [6.45, 7) is 3.34. The Balaban J connectivity index is 1.89. The molecule has 6 heteroatoms. The molecule has 0 saturated carbocycles. The van der Waals surface area contributed by atoms with Crippen LogP contribution in [-0.2, 0) is 9.59 Å². The molecule has 2 amide bonds. The van der Waals surface area contributed by atoms with Crippen LogP contribution in [0.5, 0.6) is 5.75 Å². The Morgan fingerprint density at radius 2 is 1.80 bits per heavy atom. The molecule has 0 spiro atoms. The first-order chi connectivity index (χ1) is 11.9. The van der Waals surface area contributed by atoms with E-state index < -0.39 is 17.8 Å². The molecule has 0 radical (unpaired) electrons. The molecule has 132 valence electrons. The molecular formula is C19H21FN2O3. The van der Waals surface area contributed by atoms with E-state index in [1.807, 2.05) is 19.1 Å². The van der Waals surface area contributed by atoms with Crippen LogP contribution in [0, 0.1) is 12.7 Å². The highest BCUT2D eigenvalue weighted by molar-refractivity contribution is 5.95. The molecular weight excluding hydrogens is 323 g/mol. The molecule has 0 aliphatic rings. The molecule has 2 aromatic rings. The van der Waals surface area contributed by atoms with Crippen molar-refractivity contribution < 1.29 is 18.7 Å². The minimum atomic E-state index is -0.908. The van der Waals surface area contributed by atoms with Gasteiger partial charge < -0.3 is 15.0 Å². The molecule has 0 bridgehead atoms. The highest BCUT2D eigenvalue weighted by Gasteiger charge is 2.22.